The minimum atomic E-state index is -3.52. The number of benzene rings is 1. The summed E-state index contributed by atoms with van der Waals surface area (Å²) < 4.78 is 38.2. The molecule has 0 saturated heterocycles. The van der Waals surface area contributed by atoms with Crippen LogP contribution in [0.15, 0.2) is 18.2 Å². The standard InChI is InChI=1S/C23H39N3O6S/c1-16-14-26(17(2)15-27)23(28)20-12-19(25-33(5,29)30)9-10-21(20)32-18(3)8-6-7-11-31-22(16)13-24-4/h9-10,12,16-18,22,24-25,27H,6-8,11,13-15H2,1-5H3/t16-,17-,18+,22+/m0/s1. The first kappa shape index (κ1) is 27.4. The third kappa shape index (κ3) is 8.44. The number of hydrogen-bond donors (Lipinski definition) is 3. The average Bonchev–Trinajstić information content (AvgIpc) is 2.74. The summed E-state index contributed by atoms with van der Waals surface area (Å²) in [5.74, 6) is 0.0661. The number of likely N-dealkylation sites (N-methyl/N-ethyl adjacent to an activating group) is 1. The van der Waals surface area contributed by atoms with E-state index in [1.807, 2.05) is 20.9 Å². The Morgan fingerprint density at radius 2 is 2.00 bits per heavy atom. The second-order valence-electron chi connectivity index (χ2n) is 8.94. The normalized spacial score (nSPS) is 24.4. The minimum Gasteiger partial charge on any atom is -0.490 e. The lowest BCUT2D eigenvalue weighted by Gasteiger charge is -2.34. The Balaban J connectivity index is 2.51. The third-order valence-electron chi connectivity index (χ3n) is 5.76. The van der Waals surface area contributed by atoms with Crippen molar-refractivity contribution in [3.63, 3.8) is 0 Å². The topological polar surface area (TPSA) is 117 Å². The van der Waals surface area contributed by atoms with Crippen LogP contribution in [0.3, 0.4) is 0 Å². The SMILES string of the molecule is CNC[C@H]1OCCCC[C@@H](C)Oc2ccc(NS(C)(=O)=O)cc2C(=O)N([C@@H](C)CO)C[C@@H]1C. The number of sulfonamides is 1. The van der Waals surface area contributed by atoms with E-state index >= 15 is 0 Å². The van der Waals surface area contributed by atoms with Crippen LogP contribution in [0.1, 0.15) is 50.4 Å². The lowest BCUT2D eigenvalue weighted by molar-refractivity contribution is -0.000450. The zero-order chi connectivity index (χ0) is 24.6. The number of rotatable bonds is 6. The maximum Gasteiger partial charge on any atom is 0.258 e. The Morgan fingerprint density at radius 3 is 2.64 bits per heavy atom. The summed E-state index contributed by atoms with van der Waals surface area (Å²) in [7, 11) is -1.65. The Bertz CT molecular complexity index is 879. The van der Waals surface area contributed by atoms with Gasteiger partial charge in [0, 0.05) is 31.3 Å². The number of fused-ring (bicyclic) bond motifs is 1. The molecule has 1 aliphatic heterocycles. The molecular weight excluding hydrogens is 446 g/mol. The van der Waals surface area contributed by atoms with Gasteiger partial charge in [-0.25, -0.2) is 8.42 Å². The largest absolute Gasteiger partial charge is 0.490 e. The molecule has 0 aliphatic carbocycles. The Morgan fingerprint density at radius 1 is 1.27 bits per heavy atom. The molecule has 0 radical (unpaired) electrons. The average molecular weight is 486 g/mol. The zero-order valence-electron chi connectivity index (χ0n) is 20.3. The second kappa shape index (κ2) is 12.5. The predicted molar refractivity (Wildman–Crippen MR) is 129 cm³/mol. The molecule has 1 aliphatic rings. The fourth-order valence-corrected chi connectivity index (χ4v) is 4.45. The fraction of sp³-hybridized carbons (Fsp3) is 0.696. The number of carbonyl (C=O) groups excluding carboxylic acids is 1. The van der Waals surface area contributed by atoms with Gasteiger partial charge in [0.1, 0.15) is 5.75 Å². The molecule has 0 unspecified atom stereocenters. The van der Waals surface area contributed by atoms with Crippen molar-refractivity contribution in [1.82, 2.24) is 10.2 Å². The number of ether oxygens (including phenoxy) is 2. The number of nitrogens with one attached hydrogen (secondary N) is 2. The van der Waals surface area contributed by atoms with E-state index in [4.69, 9.17) is 9.47 Å². The van der Waals surface area contributed by atoms with Gasteiger partial charge < -0.3 is 24.8 Å². The van der Waals surface area contributed by atoms with Crippen molar-refractivity contribution < 1.29 is 27.8 Å². The van der Waals surface area contributed by atoms with Gasteiger partial charge in [-0.1, -0.05) is 6.92 Å². The number of aliphatic hydroxyl groups excluding tert-OH is 1. The predicted octanol–water partition coefficient (Wildman–Crippen LogP) is 2.07. The summed E-state index contributed by atoms with van der Waals surface area (Å²) in [6.45, 7) is 7.20. The quantitative estimate of drug-likeness (QED) is 0.565. The van der Waals surface area contributed by atoms with Crippen molar-refractivity contribution in [3.05, 3.63) is 23.8 Å². The van der Waals surface area contributed by atoms with Gasteiger partial charge in [0.15, 0.2) is 0 Å². The molecule has 9 nitrogen and oxygen atoms in total. The molecule has 2 rings (SSSR count). The highest BCUT2D eigenvalue weighted by molar-refractivity contribution is 7.92. The first-order chi connectivity index (χ1) is 15.6. The first-order valence-corrected chi connectivity index (χ1v) is 13.4. The van der Waals surface area contributed by atoms with Crippen molar-refractivity contribution in [3.8, 4) is 5.75 Å². The summed E-state index contributed by atoms with van der Waals surface area (Å²) in [6.07, 6.45) is 3.45. The lowest BCUT2D eigenvalue weighted by atomic mass is 10.0. The molecule has 1 heterocycles. The molecule has 0 aromatic heterocycles. The van der Waals surface area contributed by atoms with Gasteiger partial charge in [-0.05, 0) is 58.4 Å². The maximum absolute atomic E-state index is 13.7. The summed E-state index contributed by atoms with van der Waals surface area (Å²) in [5, 5.41) is 13.0. The van der Waals surface area contributed by atoms with Crippen molar-refractivity contribution in [2.45, 2.75) is 58.3 Å². The van der Waals surface area contributed by atoms with Gasteiger partial charge in [-0.15, -0.1) is 0 Å². The van der Waals surface area contributed by atoms with Crippen LogP contribution in [0.4, 0.5) is 5.69 Å². The molecule has 0 saturated carbocycles. The number of anilines is 1. The van der Waals surface area contributed by atoms with Crippen LogP contribution >= 0.6 is 0 Å². The summed E-state index contributed by atoms with van der Waals surface area (Å²) in [6, 6.07) is 4.27. The molecule has 188 valence electrons. The van der Waals surface area contributed by atoms with Crippen LogP contribution in [0, 0.1) is 5.92 Å². The van der Waals surface area contributed by atoms with E-state index in [0.29, 0.717) is 25.4 Å². The van der Waals surface area contributed by atoms with Crippen molar-refractivity contribution >= 4 is 21.6 Å². The minimum absolute atomic E-state index is 0.000963. The lowest BCUT2D eigenvalue weighted by Crippen LogP contribution is -2.47. The smallest absolute Gasteiger partial charge is 0.258 e. The van der Waals surface area contributed by atoms with E-state index < -0.39 is 16.1 Å². The van der Waals surface area contributed by atoms with Crippen molar-refractivity contribution in [2.24, 2.45) is 5.92 Å². The van der Waals surface area contributed by atoms with Gasteiger partial charge in [-0.3, -0.25) is 9.52 Å². The van der Waals surface area contributed by atoms with Crippen LogP contribution in [0.25, 0.3) is 0 Å². The summed E-state index contributed by atoms with van der Waals surface area (Å²) in [5.41, 5.74) is 0.536. The molecule has 0 fully saturated rings. The number of aliphatic hydroxyl groups is 1. The first-order valence-electron chi connectivity index (χ1n) is 11.5. The molecule has 33 heavy (non-hydrogen) atoms. The second-order valence-corrected chi connectivity index (χ2v) is 10.7. The molecule has 10 heteroatoms. The van der Waals surface area contributed by atoms with Crippen molar-refractivity contribution in [1.29, 1.82) is 0 Å². The van der Waals surface area contributed by atoms with Crippen LogP contribution in [0.5, 0.6) is 5.75 Å². The van der Waals surface area contributed by atoms with E-state index in [-0.39, 0.29) is 41.9 Å². The highest BCUT2D eigenvalue weighted by Crippen LogP contribution is 2.28. The molecule has 3 N–H and O–H groups in total. The van der Waals surface area contributed by atoms with Gasteiger partial charge in [0.2, 0.25) is 10.0 Å². The number of amides is 1. The number of nitrogens with zero attached hydrogens (tertiary/aromatic N) is 1. The maximum atomic E-state index is 13.7. The van der Waals surface area contributed by atoms with Gasteiger partial charge in [-0.2, -0.15) is 0 Å². The highest BCUT2D eigenvalue weighted by Gasteiger charge is 2.29. The van der Waals surface area contributed by atoms with Crippen molar-refractivity contribution in [2.75, 3.05) is 44.3 Å². The van der Waals surface area contributed by atoms with E-state index in [1.54, 1.807) is 24.0 Å². The van der Waals surface area contributed by atoms with Crippen LogP contribution in [0.2, 0.25) is 0 Å². The van der Waals surface area contributed by atoms with E-state index in [9.17, 15) is 18.3 Å². The highest BCUT2D eigenvalue weighted by atomic mass is 32.2. The molecular formula is C23H39N3O6S. The van der Waals surface area contributed by atoms with Gasteiger partial charge >= 0.3 is 0 Å². The Kier molecular flexibility index (Phi) is 10.4. The van der Waals surface area contributed by atoms with Crippen LogP contribution in [-0.4, -0.2) is 82.2 Å². The van der Waals surface area contributed by atoms with Gasteiger partial charge in [0.25, 0.3) is 5.91 Å². The molecule has 4 atom stereocenters. The van der Waals surface area contributed by atoms with E-state index in [1.165, 1.54) is 6.07 Å². The fourth-order valence-electron chi connectivity index (χ4n) is 3.89. The zero-order valence-corrected chi connectivity index (χ0v) is 21.2. The molecule has 0 spiro atoms. The molecule has 1 aromatic rings. The molecule has 1 aromatic carbocycles. The third-order valence-corrected chi connectivity index (χ3v) is 6.37. The summed E-state index contributed by atoms with van der Waals surface area (Å²) in [4.78, 5) is 15.4. The van der Waals surface area contributed by atoms with Crippen LogP contribution in [-0.2, 0) is 14.8 Å². The summed E-state index contributed by atoms with van der Waals surface area (Å²) >= 11 is 0. The Labute approximate surface area is 197 Å². The van der Waals surface area contributed by atoms with Gasteiger partial charge in [0.05, 0.1) is 36.7 Å². The molecule has 1 amide bonds. The number of hydrogen-bond acceptors (Lipinski definition) is 7. The van der Waals surface area contributed by atoms with E-state index in [2.05, 4.69) is 10.0 Å². The van der Waals surface area contributed by atoms with E-state index in [0.717, 1.165) is 25.5 Å². The Hall–Kier alpha value is -1.88. The number of carbonyl (C=O) groups is 1. The van der Waals surface area contributed by atoms with Crippen LogP contribution < -0.4 is 14.8 Å². The monoisotopic (exact) mass is 485 g/mol. The molecule has 0 bridgehead atoms.